The number of aromatic nitrogens is 2. The van der Waals surface area contributed by atoms with Gasteiger partial charge in [-0.3, -0.25) is 9.59 Å². The highest BCUT2D eigenvalue weighted by Crippen LogP contribution is 2.54. The molecule has 212 valence electrons. The number of rotatable bonds is 11. The zero-order valence-corrected chi connectivity index (χ0v) is 23.1. The Hall–Kier alpha value is -4.66. The smallest absolute Gasteiger partial charge is 0.305 e. The average molecular weight is 558 g/mol. The molecule has 2 N–H and O–H groups in total. The fraction of sp³-hybridized carbons (Fsp3) is 0.281. The second-order valence-corrected chi connectivity index (χ2v) is 10.9. The molecule has 2 atom stereocenters. The van der Waals surface area contributed by atoms with Crippen molar-refractivity contribution in [3.05, 3.63) is 95.9 Å². The molecule has 1 heterocycles. The quantitative estimate of drug-likeness (QED) is 0.239. The van der Waals surface area contributed by atoms with Gasteiger partial charge >= 0.3 is 5.97 Å². The van der Waals surface area contributed by atoms with Gasteiger partial charge in [0, 0.05) is 6.04 Å². The molecule has 41 heavy (non-hydrogen) atoms. The number of aliphatic carboxylic acids is 1. The Morgan fingerprint density at radius 3 is 2.39 bits per heavy atom. The van der Waals surface area contributed by atoms with Crippen molar-refractivity contribution in [2.75, 3.05) is 7.11 Å². The Kier molecular flexibility index (Phi) is 7.79. The minimum atomic E-state index is -0.982. The number of methoxy groups -OCH3 is 1. The lowest BCUT2D eigenvalue weighted by Gasteiger charge is -2.18. The Morgan fingerprint density at radius 2 is 1.76 bits per heavy atom. The summed E-state index contributed by atoms with van der Waals surface area (Å²) in [6, 6.07) is 21.9. The van der Waals surface area contributed by atoms with Gasteiger partial charge in [0.2, 0.25) is 0 Å². The van der Waals surface area contributed by atoms with Crippen molar-refractivity contribution in [2.24, 2.45) is 11.3 Å². The highest BCUT2D eigenvalue weighted by Gasteiger charge is 2.51. The number of hydrogen-bond acceptors (Lipinski definition) is 5. The van der Waals surface area contributed by atoms with E-state index in [2.05, 4.69) is 24.3 Å². The summed E-state index contributed by atoms with van der Waals surface area (Å²) >= 11 is 0. The fourth-order valence-electron chi connectivity index (χ4n) is 5.16. The molecule has 9 heteroatoms. The van der Waals surface area contributed by atoms with Crippen LogP contribution >= 0.6 is 0 Å². The largest absolute Gasteiger partial charge is 0.496 e. The number of halogens is 1. The SMILES string of the molecule is COc1cccc(OCc2ccccc2)c1-c1cc(C(=O)N[C@H](CC(=O)O)C2CC2(C)C)nn1-c1ccc(F)cc1. The van der Waals surface area contributed by atoms with Gasteiger partial charge in [0.15, 0.2) is 5.69 Å². The van der Waals surface area contributed by atoms with Crippen LogP contribution in [0.3, 0.4) is 0 Å². The third-order valence-corrected chi connectivity index (χ3v) is 7.50. The monoisotopic (exact) mass is 557 g/mol. The molecule has 3 aromatic carbocycles. The number of carbonyl (C=O) groups is 2. The van der Waals surface area contributed by atoms with E-state index in [1.165, 1.54) is 16.8 Å². The average Bonchev–Trinajstić information content (AvgIpc) is 3.38. The summed E-state index contributed by atoms with van der Waals surface area (Å²) in [6.07, 6.45) is 0.638. The van der Waals surface area contributed by atoms with Crippen molar-refractivity contribution >= 4 is 11.9 Å². The van der Waals surface area contributed by atoms with Gasteiger partial charge < -0.3 is 19.9 Å². The first-order chi connectivity index (χ1) is 19.7. The van der Waals surface area contributed by atoms with Gasteiger partial charge in [0.25, 0.3) is 5.91 Å². The summed E-state index contributed by atoms with van der Waals surface area (Å²) in [4.78, 5) is 25.1. The summed E-state index contributed by atoms with van der Waals surface area (Å²) in [5, 5.41) is 17.0. The first-order valence-corrected chi connectivity index (χ1v) is 13.4. The molecule has 0 radical (unpaired) electrons. The van der Waals surface area contributed by atoms with E-state index < -0.39 is 23.7 Å². The Morgan fingerprint density at radius 1 is 1.07 bits per heavy atom. The molecule has 0 spiro atoms. The molecule has 1 saturated carbocycles. The van der Waals surface area contributed by atoms with Gasteiger partial charge in [-0.05, 0) is 65.8 Å². The van der Waals surface area contributed by atoms with Crippen molar-refractivity contribution in [3.63, 3.8) is 0 Å². The van der Waals surface area contributed by atoms with Gasteiger partial charge in [-0.1, -0.05) is 50.2 Å². The number of benzene rings is 3. The van der Waals surface area contributed by atoms with E-state index in [1.54, 1.807) is 37.4 Å². The molecule has 0 aliphatic heterocycles. The van der Waals surface area contributed by atoms with Crippen LogP contribution in [0.25, 0.3) is 16.9 Å². The third kappa shape index (κ3) is 6.24. The van der Waals surface area contributed by atoms with E-state index in [1.807, 2.05) is 36.4 Å². The van der Waals surface area contributed by atoms with Crippen molar-refractivity contribution in [2.45, 2.75) is 39.3 Å². The number of nitrogens with zero attached hydrogens (tertiary/aromatic N) is 2. The lowest BCUT2D eigenvalue weighted by molar-refractivity contribution is -0.137. The molecule has 1 amide bonds. The minimum absolute atomic E-state index is 0.0472. The highest BCUT2D eigenvalue weighted by molar-refractivity contribution is 5.94. The van der Waals surface area contributed by atoms with Crippen LogP contribution in [0.15, 0.2) is 78.9 Å². The van der Waals surface area contributed by atoms with Gasteiger partial charge in [0.1, 0.15) is 23.9 Å². The Balaban J connectivity index is 1.56. The topological polar surface area (TPSA) is 103 Å². The van der Waals surface area contributed by atoms with E-state index in [0.29, 0.717) is 35.1 Å². The second-order valence-electron chi connectivity index (χ2n) is 10.9. The normalized spacial score (nSPS) is 16.0. The molecular weight excluding hydrogens is 525 g/mol. The molecule has 0 bridgehead atoms. The summed E-state index contributed by atoms with van der Waals surface area (Å²) in [7, 11) is 1.54. The third-order valence-electron chi connectivity index (χ3n) is 7.50. The summed E-state index contributed by atoms with van der Waals surface area (Å²) in [6.45, 7) is 4.41. The number of carboxylic acid groups (broad SMARTS) is 1. The van der Waals surface area contributed by atoms with Crippen LogP contribution in [-0.4, -0.2) is 39.9 Å². The first kappa shape index (κ1) is 27.9. The van der Waals surface area contributed by atoms with Crippen LogP contribution < -0.4 is 14.8 Å². The van der Waals surface area contributed by atoms with Gasteiger partial charge in [0.05, 0.1) is 30.5 Å². The van der Waals surface area contributed by atoms with Crippen LogP contribution in [0.4, 0.5) is 4.39 Å². The maximum Gasteiger partial charge on any atom is 0.305 e. The number of hydrogen-bond donors (Lipinski definition) is 2. The maximum absolute atomic E-state index is 13.8. The number of carbonyl (C=O) groups excluding carboxylic acids is 1. The van der Waals surface area contributed by atoms with Crippen LogP contribution in [0.5, 0.6) is 11.5 Å². The van der Waals surface area contributed by atoms with Gasteiger partial charge in [-0.25, -0.2) is 9.07 Å². The van der Waals surface area contributed by atoms with Crippen LogP contribution in [0.1, 0.15) is 42.7 Å². The molecule has 0 saturated heterocycles. The van der Waals surface area contributed by atoms with Crippen molar-refractivity contribution < 1.29 is 28.6 Å². The van der Waals surface area contributed by atoms with E-state index >= 15 is 0 Å². The molecule has 1 fully saturated rings. The minimum Gasteiger partial charge on any atom is -0.496 e. The molecule has 4 aromatic rings. The van der Waals surface area contributed by atoms with Crippen LogP contribution in [-0.2, 0) is 11.4 Å². The lowest BCUT2D eigenvalue weighted by Crippen LogP contribution is -2.39. The summed E-state index contributed by atoms with van der Waals surface area (Å²) in [5.74, 6) is -0.838. The zero-order chi connectivity index (χ0) is 29.1. The van der Waals surface area contributed by atoms with E-state index in [0.717, 1.165) is 12.0 Å². The number of carboxylic acids is 1. The Labute approximate surface area is 237 Å². The Bertz CT molecular complexity index is 1550. The van der Waals surface area contributed by atoms with Crippen molar-refractivity contribution in [3.8, 4) is 28.4 Å². The zero-order valence-electron chi connectivity index (χ0n) is 23.1. The number of nitrogens with one attached hydrogen (secondary N) is 1. The lowest BCUT2D eigenvalue weighted by atomic mass is 10.0. The van der Waals surface area contributed by atoms with Crippen molar-refractivity contribution in [1.82, 2.24) is 15.1 Å². The molecule has 1 aromatic heterocycles. The van der Waals surface area contributed by atoms with Gasteiger partial charge in [-0.15, -0.1) is 0 Å². The van der Waals surface area contributed by atoms with Crippen LogP contribution in [0.2, 0.25) is 0 Å². The number of ether oxygens (including phenoxy) is 2. The summed E-state index contributed by atoms with van der Waals surface area (Å²) < 4.78 is 27.3. The van der Waals surface area contributed by atoms with E-state index in [-0.39, 0.29) is 23.4 Å². The van der Waals surface area contributed by atoms with Crippen LogP contribution in [0, 0.1) is 17.2 Å². The molecule has 8 nitrogen and oxygen atoms in total. The molecular formula is C32H32FN3O5. The van der Waals surface area contributed by atoms with E-state index in [4.69, 9.17) is 9.47 Å². The fourth-order valence-corrected chi connectivity index (χ4v) is 5.16. The first-order valence-electron chi connectivity index (χ1n) is 13.4. The number of amides is 1. The molecule has 1 unspecified atom stereocenters. The molecule has 5 rings (SSSR count). The van der Waals surface area contributed by atoms with E-state index in [9.17, 15) is 19.1 Å². The van der Waals surface area contributed by atoms with Gasteiger partial charge in [-0.2, -0.15) is 5.10 Å². The molecule has 1 aliphatic carbocycles. The summed E-state index contributed by atoms with van der Waals surface area (Å²) in [5.41, 5.74) is 2.58. The standard InChI is InChI=1S/C32H32FN3O5/c1-32(2)18-23(32)24(17-29(37)38)34-31(39)25-16-26(36(35-25)22-14-12-21(33)13-15-22)30-27(40-3)10-7-11-28(30)41-19-20-8-5-4-6-9-20/h4-16,23-24H,17-19H2,1-3H3,(H,34,39)(H,37,38)/t23?,24-/m1/s1. The predicted octanol–water partition coefficient (Wildman–Crippen LogP) is 5.89. The highest BCUT2D eigenvalue weighted by atomic mass is 19.1. The maximum atomic E-state index is 13.8. The second kappa shape index (κ2) is 11.4. The predicted molar refractivity (Wildman–Crippen MR) is 152 cm³/mol. The molecule has 1 aliphatic rings. The van der Waals surface area contributed by atoms with Crippen molar-refractivity contribution in [1.29, 1.82) is 0 Å².